The van der Waals surface area contributed by atoms with E-state index in [-0.39, 0.29) is 11.1 Å². The molecule has 1 atom stereocenters. The first-order chi connectivity index (χ1) is 8.99. The van der Waals surface area contributed by atoms with Gasteiger partial charge in [-0.05, 0) is 43.0 Å². The van der Waals surface area contributed by atoms with Gasteiger partial charge >= 0.3 is 0 Å². The van der Waals surface area contributed by atoms with Crippen molar-refractivity contribution < 1.29 is 4.39 Å². The van der Waals surface area contributed by atoms with Crippen molar-refractivity contribution in [3.05, 3.63) is 69.5 Å². The summed E-state index contributed by atoms with van der Waals surface area (Å²) in [6, 6.07) is 10.7. The summed E-state index contributed by atoms with van der Waals surface area (Å²) in [5, 5.41) is 0.119. The van der Waals surface area contributed by atoms with Crippen LogP contribution >= 0.6 is 11.6 Å². The third-order valence-electron chi connectivity index (χ3n) is 3.41. The molecule has 0 bridgehead atoms. The Labute approximate surface area is 118 Å². The fourth-order valence-electron chi connectivity index (χ4n) is 2.10. The molecular formula is C16H17ClFN. The van der Waals surface area contributed by atoms with E-state index in [0.717, 1.165) is 5.56 Å². The van der Waals surface area contributed by atoms with Crippen LogP contribution in [0.2, 0.25) is 5.02 Å². The van der Waals surface area contributed by atoms with Crippen LogP contribution in [-0.2, 0) is 6.42 Å². The van der Waals surface area contributed by atoms with Crippen LogP contribution in [0.1, 0.15) is 28.3 Å². The Hall–Kier alpha value is -1.38. The van der Waals surface area contributed by atoms with Gasteiger partial charge in [0.25, 0.3) is 0 Å². The molecule has 0 amide bonds. The molecule has 0 fully saturated rings. The highest BCUT2D eigenvalue weighted by Crippen LogP contribution is 2.24. The third-order valence-corrected chi connectivity index (χ3v) is 3.70. The number of benzene rings is 2. The smallest absolute Gasteiger partial charge is 0.146 e. The molecule has 2 rings (SSSR count). The lowest BCUT2D eigenvalue weighted by Gasteiger charge is -2.14. The molecule has 0 aliphatic carbocycles. The third kappa shape index (κ3) is 3.14. The Kier molecular flexibility index (Phi) is 4.23. The molecule has 0 spiro atoms. The van der Waals surface area contributed by atoms with Crippen LogP contribution in [0.4, 0.5) is 4.39 Å². The van der Waals surface area contributed by atoms with Crippen molar-refractivity contribution in [3.8, 4) is 0 Å². The minimum atomic E-state index is -0.416. The lowest BCUT2D eigenvalue weighted by molar-refractivity contribution is 0.580. The Morgan fingerprint density at radius 1 is 1.16 bits per heavy atom. The number of aryl methyl sites for hydroxylation is 2. The molecule has 1 nitrogen and oxygen atoms in total. The zero-order chi connectivity index (χ0) is 14.0. The highest BCUT2D eigenvalue weighted by atomic mass is 35.5. The maximum absolute atomic E-state index is 13.9. The van der Waals surface area contributed by atoms with Crippen LogP contribution in [-0.4, -0.2) is 0 Å². The van der Waals surface area contributed by atoms with E-state index in [9.17, 15) is 4.39 Å². The number of hydrogen-bond donors (Lipinski definition) is 1. The molecule has 0 aliphatic rings. The van der Waals surface area contributed by atoms with Gasteiger partial charge < -0.3 is 5.73 Å². The standard InChI is InChI=1S/C16H17ClFN/c1-10-6-7-12(8-11(10)2)9-15(19)13-4-3-5-14(17)16(13)18/h3-8,15H,9,19H2,1-2H3. The zero-order valence-electron chi connectivity index (χ0n) is 11.1. The van der Waals surface area contributed by atoms with E-state index in [0.29, 0.717) is 12.0 Å². The summed E-state index contributed by atoms with van der Waals surface area (Å²) < 4.78 is 13.9. The number of nitrogens with two attached hydrogens (primary N) is 1. The second-order valence-corrected chi connectivity index (χ2v) is 5.28. The Morgan fingerprint density at radius 3 is 2.58 bits per heavy atom. The average molecular weight is 278 g/mol. The minimum absolute atomic E-state index is 0.119. The van der Waals surface area contributed by atoms with Crippen LogP contribution in [0.3, 0.4) is 0 Å². The van der Waals surface area contributed by atoms with Crippen LogP contribution in [0.5, 0.6) is 0 Å². The molecule has 0 radical (unpaired) electrons. The Morgan fingerprint density at radius 2 is 1.89 bits per heavy atom. The van der Waals surface area contributed by atoms with Crippen LogP contribution in [0, 0.1) is 19.7 Å². The summed E-state index contributed by atoms with van der Waals surface area (Å²) in [4.78, 5) is 0. The van der Waals surface area contributed by atoms with Crippen molar-refractivity contribution in [2.75, 3.05) is 0 Å². The van der Waals surface area contributed by atoms with Gasteiger partial charge in [-0.15, -0.1) is 0 Å². The normalized spacial score (nSPS) is 12.5. The fraction of sp³-hybridized carbons (Fsp3) is 0.250. The average Bonchev–Trinajstić information content (AvgIpc) is 2.37. The van der Waals surface area contributed by atoms with Gasteiger partial charge in [-0.3, -0.25) is 0 Å². The highest BCUT2D eigenvalue weighted by Gasteiger charge is 2.14. The van der Waals surface area contributed by atoms with E-state index >= 15 is 0 Å². The van der Waals surface area contributed by atoms with Gasteiger partial charge in [-0.2, -0.15) is 0 Å². The first-order valence-electron chi connectivity index (χ1n) is 6.24. The van der Waals surface area contributed by atoms with E-state index in [1.165, 1.54) is 17.2 Å². The molecular weight excluding hydrogens is 261 g/mol. The van der Waals surface area contributed by atoms with E-state index in [2.05, 4.69) is 26.0 Å². The summed E-state index contributed by atoms with van der Waals surface area (Å²) in [7, 11) is 0. The van der Waals surface area contributed by atoms with Crippen molar-refractivity contribution in [1.82, 2.24) is 0 Å². The quantitative estimate of drug-likeness (QED) is 0.887. The highest BCUT2D eigenvalue weighted by molar-refractivity contribution is 6.30. The number of halogens is 2. The van der Waals surface area contributed by atoms with Crippen molar-refractivity contribution >= 4 is 11.6 Å². The second-order valence-electron chi connectivity index (χ2n) is 4.87. The fourth-order valence-corrected chi connectivity index (χ4v) is 2.28. The minimum Gasteiger partial charge on any atom is -0.324 e. The summed E-state index contributed by atoms with van der Waals surface area (Å²) in [5.74, 6) is -0.416. The van der Waals surface area contributed by atoms with Crippen molar-refractivity contribution in [1.29, 1.82) is 0 Å². The van der Waals surface area contributed by atoms with Gasteiger partial charge in [0, 0.05) is 11.6 Å². The first kappa shape index (κ1) is 14.0. The molecule has 0 aromatic heterocycles. The van der Waals surface area contributed by atoms with Gasteiger partial charge in [-0.25, -0.2) is 4.39 Å². The van der Waals surface area contributed by atoms with E-state index in [4.69, 9.17) is 17.3 Å². The molecule has 100 valence electrons. The molecule has 2 N–H and O–H groups in total. The molecule has 0 aliphatic heterocycles. The summed E-state index contributed by atoms with van der Waals surface area (Å²) in [6.45, 7) is 4.13. The predicted octanol–water partition coefficient (Wildman–Crippen LogP) is 4.34. The van der Waals surface area contributed by atoms with Crippen molar-refractivity contribution in [2.45, 2.75) is 26.3 Å². The van der Waals surface area contributed by atoms with Gasteiger partial charge in [0.15, 0.2) is 0 Å². The topological polar surface area (TPSA) is 26.0 Å². The molecule has 19 heavy (non-hydrogen) atoms. The summed E-state index contributed by atoms with van der Waals surface area (Å²) in [5.41, 5.74) is 10.1. The lowest BCUT2D eigenvalue weighted by atomic mass is 9.97. The molecule has 3 heteroatoms. The molecule has 0 saturated carbocycles. The maximum Gasteiger partial charge on any atom is 0.146 e. The SMILES string of the molecule is Cc1ccc(CC(N)c2cccc(Cl)c2F)cc1C. The maximum atomic E-state index is 13.9. The molecule has 0 saturated heterocycles. The van der Waals surface area contributed by atoms with Gasteiger partial charge in [0.2, 0.25) is 0 Å². The number of rotatable bonds is 3. The first-order valence-corrected chi connectivity index (χ1v) is 6.62. The molecule has 1 unspecified atom stereocenters. The monoisotopic (exact) mass is 277 g/mol. The summed E-state index contributed by atoms with van der Waals surface area (Å²) >= 11 is 5.78. The lowest BCUT2D eigenvalue weighted by Crippen LogP contribution is -2.15. The van der Waals surface area contributed by atoms with E-state index in [1.807, 2.05) is 6.07 Å². The van der Waals surface area contributed by atoms with Crippen LogP contribution in [0.15, 0.2) is 36.4 Å². The van der Waals surface area contributed by atoms with Crippen LogP contribution in [0.25, 0.3) is 0 Å². The van der Waals surface area contributed by atoms with Crippen molar-refractivity contribution in [2.24, 2.45) is 5.73 Å². The predicted molar refractivity (Wildman–Crippen MR) is 78.0 cm³/mol. The van der Waals surface area contributed by atoms with Crippen molar-refractivity contribution in [3.63, 3.8) is 0 Å². The molecule has 0 heterocycles. The molecule has 2 aromatic carbocycles. The summed E-state index contributed by atoms with van der Waals surface area (Å²) in [6.07, 6.45) is 0.596. The Bertz CT molecular complexity index is 595. The van der Waals surface area contributed by atoms with Gasteiger partial charge in [0.1, 0.15) is 5.82 Å². The zero-order valence-corrected chi connectivity index (χ0v) is 11.8. The van der Waals surface area contributed by atoms with E-state index in [1.54, 1.807) is 12.1 Å². The number of hydrogen-bond acceptors (Lipinski definition) is 1. The molecule has 2 aromatic rings. The Balaban J connectivity index is 2.23. The largest absolute Gasteiger partial charge is 0.324 e. The van der Waals surface area contributed by atoms with Gasteiger partial charge in [0.05, 0.1) is 5.02 Å². The second kappa shape index (κ2) is 5.72. The van der Waals surface area contributed by atoms with Gasteiger partial charge in [-0.1, -0.05) is 41.9 Å². The van der Waals surface area contributed by atoms with E-state index < -0.39 is 5.82 Å². The van der Waals surface area contributed by atoms with Crippen LogP contribution < -0.4 is 5.73 Å².